The molecule has 2 aliphatic carbocycles. The molecule has 0 bridgehead atoms. The molecule has 0 radical (unpaired) electrons. The summed E-state index contributed by atoms with van der Waals surface area (Å²) in [5, 5.41) is 0. The second kappa shape index (κ2) is 26.5. The highest BCUT2D eigenvalue weighted by Gasteiger charge is 2.51. The highest BCUT2D eigenvalue weighted by Crippen LogP contribution is 2.63. The van der Waals surface area contributed by atoms with Gasteiger partial charge in [-0.2, -0.15) is 0 Å². The molecule has 7 aromatic rings. The molecule has 0 saturated carbocycles. The molecule has 74 heavy (non-hydrogen) atoms. The molecule has 0 aromatic heterocycles. The Hall–Kier alpha value is -5.22. The molecule has 0 spiro atoms. The van der Waals surface area contributed by atoms with Crippen LogP contribution in [0.25, 0.3) is 22.3 Å². The average molecular weight is 1130 g/mol. The van der Waals surface area contributed by atoms with Crippen LogP contribution >= 0.6 is 31.9 Å². The van der Waals surface area contributed by atoms with E-state index >= 15 is 0 Å². The highest BCUT2D eigenvalue weighted by atomic mass is 79.9. The standard InChI is InChI=1S/C62H64Br2O10/c1-65-25-27-67-29-31-69-33-35-71-37-39-73-51-19-13-47(14-20-51)61(45-9-5-3-6-10-45)57-41-49(63)17-23-53(57)55-44-60-56(43-59(55)61)54-24-18-50(64)42-58(54)62(60,46-11-7-4-8-12-46)48-15-21-52(22-16-48)74-40-38-72-36-34-70-32-30-68-28-26-66-2/h3-24,41-44H,25-40H2,1-2H3/t61-,62-/m0/s1. The van der Waals surface area contributed by atoms with Crippen LogP contribution in [0.5, 0.6) is 11.5 Å². The van der Waals surface area contributed by atoms with E-state index in [0.29, 0.717) is 106 Å². The molecule has 7 aromatic carbocycles. The maximum absolute atomic E-state index is 6.25. The third-order valence-corrected chi connectivity index (χ3v) is 14.6. The van der Waals surface area contributed by atoms with Crippen LogP contribution in [0.2, 0.25) is 0 Å². The van der Waals surface area contributed by atoms with Gasteiger partial charge in [-0.05, 0) is 127 Å². The van der Waals surface area contributed by atoms with Gasteiger partial charge >= 0.3 is 0 Å². The summed E-state index contributed by atoms with van der Waals surface area (Å²) in [6.45, 7) is 8.05. The summed E-state index contributed by atoms with van der Waals surface area (Å²) in [5.74, 6) is 1.56. The molecule has 9 rings (SSSR count). The van der Waals surface area contributed by atoms with E-state index < -0.39 is 10.8 Å². The van der Waals surface area contributed by atoms with E-state index in [1.807, 2.05) is 0 Å². The van der Waals surface area contributed by atoms with Crippen molar-refractivity contribution in [3.63, 3.8) is 0 Å². The monoisotopic (exact) mass is 1130 g/mol. The van der Waals surface area contributed by atoms with Gasteiger partial charge in [-0.3, -0.25) is 0 Å². The SMILES string of the molecule is COCCOCCOCCOCCOc1ccc([C@@]2(c3ccccc3)c3cc(Br)ccc3-c3cc4c(cc32)-c2ccc(Br)cc2[C@]4(c2ccccc2)c2ccc(OCCOCCOCCOCCOC)cc2)cc1. The van der Waals surface area contributed by atoms with Gasteiger partial charge in [0.2, 0.25) is 0 Å². The minimum absolute atomic E-state index is 0.418. The molecule has 0 aliphatic heterocycles. The lowest BCUT2D eigenvalue weighted by Gasteiger charge is -2.35. The Kier molecular flexibility index (Phi) is 19.2. The van der Waals surface area contributed by atoms with Crippen molar-refractivity contribution in [3.8, 4) is 33.8 Å². The first-order valence-electron chi connectivity index (χ1n) is 25.3. The van der Waals surface area contributed by atoms with Crippen LogP contribution in [0.3, 0.4) is 0 Å². The third-order valence-electron chi connectivity index (χ3n) is 13.6. The summed E-state index contributed by atoms with van der Waals surface area (Å²) in [6.07, 6.45) is 0. The first kappa shape index (κ1) is 53.6. The fourth-order valence-corrected chi connectivity index (χ4v) is 11.2. The van der Waals surface area contributed by atoms with E-state index in [1.165, 1.54) is 55.6 Å². The minimum atomic E-state index is -0.663. The number of benzene rings is 7. The number of hydrogen-bond acceptors (Lipinski definition) is 10. The Morgan fingerprint density at radius 1 is 0.297 bits per heavy atom. The fraction of sp³-hybridized carbons (Fsp3) is 0.323. The van der Waals surface area contributed by atoms with Crippen LogP contribution in [-0.2, 0) is 48.7 Å². The van der Waals surface area contributed by atoms with Crippen molar-refractivity contribution in [2.24, 2.45) is 0 Å². The smallest absolute Gasteiger partial charge is 0.119 e. The van der Waals surface area contributed by atoms with Crippen molar-refractivity contribution >= 4 is 31.9 Å². The van der Waals surface area contributed by atoms with Crippen LogP contribution in [0.15, 0.2) is 167 Å². The zero-order valence-corrected chi connectivity index (χ0v) is 45.3. The lowest BCUT2D eigenvalue weighted by molar-refractivity contribution is 0.000163. The predicted octanol–water partition coefficient (Wildman–Crippen LogP) is 12.1. The first-order valence-corrected chi connectivity index (χ1v) is 26.9. The number of methoxy groups -OCH3 is 2. The van der Waals surface area contributed by atoms with E-state index in [9.17, 15) is 0 Å². The highest BCUT2D eigenvalue weighted by molar-refractivity contribution is 9.10. The Morgan fingerprint density at radius 3 is 0.932 bits per heavy atom. The van der Waals surface area contributed by atoms with Gasteiger partial charge < -0.3 is 47.4 Å². The molecular formula is C62H64Br2O10. The minimum Gasteiger partial charge on any atom is -0.491 e. The van der Waals surface area contributed by atoms with Crippen LogP contribution in [0.1, 0.15) is 44.5 Å². The number of rotatable bonds is 30. The van der Waals surface area contributed by atoms with E-state index in [4.69, 9.17) is 47.4 Å². The molecular weight excluding hydrogens is 1060 g/mol. The summed E-state index contributed by atoms with van der Waals surface area (Å²) in [7, 11) is 3.32. The van der Waals surface area contributed by atoms with Gasteiger partial charge in [-0.15, -0.1) is 0 Å². The van der Waals surface area contributed by atoms with Crippen LogP contribution < -0.4 is 9.47 Å². The predicted molar refractivity (Wildman–Crippen MR) is 296 cm³/mol. The van der Waals surface area contributed by atoms with Crippen molar-refractivity contribution in [1.82, 2.24) is 0 Å². The summed E-state index contributed by atoms with van der Waals surface area (Å²) < 4.78 is 58.4. The van der Waals surface area contributed by atoms with Crippen LogP contribution in [0, 0.1) is 0 Å². The average Bonchev–Trinajstić information content (AvgIpc) is 3.94. The van der Waals surface area contributed by atoms with Gasteiger partial charge in [0.05, 0.1) is 103 Å². The van der Waals surface area contributed by atoms with Gasteiger partial charge in [0.1, 0.15) is 24.7 Å². The molecule has 0 saturated heterocycles. The Labute approximate surface area is 452 Å². The van der Waals surface area contributed by atoms with Crippen LogP contribution in [-0.4, -0.2) is 120 Å². The molecule has 0 heterocycles. The maximum Gasteiger partial charge on any atom is 0.119 e. The van der Waals surface area contributed by atoms with Crippen molar-refractivity contribution in [1.29, 1.82) is 0 Å². The summed E-state index contributed by atoms with van der Waals surface area (Å²) in [6, 6.07) is 57.6. The largest absolute Gasteiger partial charge is 0.491 e. The maximum atomic E-state index is 6.25. The molecule has 0 N–H and O–H groups in total. The Balaban J connectivity index is 1.02. The lowest BCUT2D eigenvalue weighted by atomic mass is 9.66. The molecule has 386 valence electrons. The van der Waals surface area contributed by atoms with E-state index in [1.54, 1.807) is 14.2 Å². The Bertz CT molecular complexity index is 2670. The van der Waals surface area contributed by atoms with Crippen molar-refractivity contribution in [2.45, 2.75) is 10.8 Å². The van der Waals surface area contributed by atoms with Gasteiger partial charge in [-0.1, -0.05) is 129 Å². The summed E-state index contributed by atoms with van der Waals surface area (Å²) in [5.41, 5.74) is 13.0. The van der Waals surface area contributed by atoms with Gasteiger partial charge in [0, 0.05) is 23.2 Å². The zero-order valence-electron chi connectivity index (χ0n) is 42.2. The second-order valence-corrected chi connectivity index (χ2v) is 19.8. The third kappa shape index (κ3) is 11.8. The molecule has 0 unspecified atom stereocenters. The van der Waals surface area contributed by atoms with Gasteiger partial charge in [0.25, 0.3) is 0 Å². The van der Waals surface area contributed by atoms with Crippen molar-refractivity contribution < 1.29 is 47.4 Å². The molecule has 12 heteroatoms. The number of fused-ring (bicyclic) bond motifs is 6. The van der Waals surface area contributed by atoms with E-state index in [2.05, 4.69) is 190 Å². The topological polar surface area (TPSA) is 92.3 Å². The van der Waals surface area contributed by atoms with Gasteiger partial charge in [0.15, 0.2) is 0 Å². The normalized spacial score (nSPS) is 16.2. The van der Waals surface area contributed by atoms with E-state index in [0.717, 1.165) is 31.6 Å². The fourth-order valence-electron chi connectivity index (χ4n) is 10.4. The van der Waals surface area contributed by atoms with E-state index in [-0.39, 0.29) is 0 Å². The van der Waals surface area contributed by atoms with Crippen molar-refractivity contribution in [3.05, 3.63) is 211 Å². The lowest BCUT2D eigenvalue weighted by Crippen LogP contribution is -2.30. The molecule has 2 atom stereocenters. The number of ether oxygens (including phenoxy) is 10. The first-order chi connectivity index (χ1) is 36.5. The van der Waals surface area contributed by atoms with Gasteiger partial charge in [-0.25, -0.2) is 0 Å². The Morgan fingerprint density at radius 2 is 0.595 bits per heavy atom. The summed E-state index contributed by atoms with van der Waals surface area (Å²) in [4.78, 5) is 0. The summed E-state index contributed by atoms with van der Waals surface area (Å²) >= 11 is 7.83. The number of halogens is 2. The molecule has 0 amide bonds. The molecule has 2 aliphatic rings. The zero-order chi connectivity index (χ0) is 51.0. The molecule has 10 nitrogen and oxygen atoms in total. The number of hydrogen-bond donors (Lipinski definition) is 0. The second-order valence-electron chi connectivity index (χ2n) is 18.0. The van der Waals surface area contributed by atoms with Crippen molar-refractivity contribution in [2.75, 3.05) is 120 Å². The quantitative estimate of drug-likeness (QED) is 0.0405. The molecule has 0 fully saturated rings. The van der Waals surface area contributed by atoms with Crippen LogP contribution in [0.4, 0.5) is 0 Å².